The maximum absolute atomic E-state index is 10.0. The quantitative estimate of drug-likeness (QED) is 0.720. The normalized spacial score (nSPS) is 27.2. The minimum absolute atomic E-state index is 0.126. The molecule has 0 aliphatic heterocycles. The van der Waals surface area contributed by atoms with Gasteiger partial charge in [-0.25, -0.2) is 0 Å². The van der Waals surface area contributed by atoms with Gasteiger partial charge in [-0.05, 0) is 24.1 Å². The lowest BCUT2D eigenvalue weighted by Crippen LogP contribution is -2.35. The zero-order valence-electron chi connectivity index (χ0n) is 21.6. The average Bonchev–Trinajstić information content (AvgIpc) is 2.55. The van der Waals surface area contributed by atoms with Gasteiger partial charge in [-0.2, -0.15) is 0 Å². The molecule has 0 fully saturated rings. The van der Waals surface area contributed by atoms with Crippen molar-refractivity contribution >= 4 is 0 Å². The van der Waals surface area contributed by atoms with Crippen molar-refractivity contribution in [2.45, 2.75) is 32.3 Å². The fourth-order valence-corrected chi connectivity index (χ4v) is 1.21. The van der Waals surface area contributed by atoms with Crippen molar-refractivity contribution in [3.63, 3.8) is 0 Å². The first-order valence-corrected chi connectivity index (χ1v) is 5.66. The van der Waals surface area contributed by atoms with Crippen molar-refractivity contribution in [1.29, 1.82) is 0 Å². The highest BCUT2D eigenvalue weighted by Crippen LogP contribution is 2.12. The van der Waals surface area contributed by atoms with Gasteiger partial charge in [0.15, 0.2) is 0 Å². The van der Waals surface area contributed by atoms with Crippen LogP contribution in [0.2, 0.25) is 0 Å². The molecule has 4 nitrogen and oxygen atoms in total. The first kappa shape index (κ1) is 6.12. The van der Waals surface area contributed by atoms with E-state index in [-0.39, 0.29) is 17.9 Å². The molecule has 19 heavy (non-hydrogen) atoms. The molecule has 0 aliphatic carbocycles. The lowest BCUT2D eigenvalue weighted by atomic mass is 10.1. The van der Waals surface area contributed by atoms with Gasteiger partial charge in [0.1, 0.15) is 18.4 Å². The predicted molar refractivity (Wildman–Crippen MR) is 76.7 cm³/mol. The third-order valence-corrected chi connectivity index (χ3v) is 2.12. The zero-order valence-corrected chi connectivity index (χ0v) is 10.6. The van der Waals surface area contributed by atoms with Crippen LogP contribution in [0.1, 0.15) is 34.4 Å². The van der Waals surface area contributed by atoms with Crippen LogP contribution in [0.25, 0.3) is 0 Å². The lowest BCUT2D eigenvalue weighted by molar-refractivity contribution is 0.104. The summed E-state index contributed by atoms with van der Waals surface area (Å²) in [4.78, 5) is 0. The highest BCUT2D eigenvalue weighted by atomic mass is 16.5. The molecule has 0 saturated heterocycles. The number of hydrogen-bond acceptors (Lipinski definition) is 4. The zero-order chi connectivity index (χ0) is 23.6. The Morgan fingerprint density at radius 1 is 1.47 bits per heavy atom. The summed E-state index contributed by atoms with van der Waals surface area (Å²) in [5, 5.41) is 12.5. The third-order valence-electron chi connectivity index (χ3n) is 2.12. The van der Waals surface area contributed by atoms with E-state index in [0.717, 1.165) is 12.1 Å². The highest BCUT2D eigenvalue weighted by Gasteiger charge is 2.05. The first-order valence-electron chi connectivity index (χ1n) is 11.2. The molecule has 1 aromatic carbocycles. The van der Waals surface area contributed by atoms with E-state index in [1.807, 2.05) is 0 Å². The molecule has 2 unspecified atom stereocenters. The van der Waals surface area contributed by atoms with E-state index in [4.69, 9.17) is 19.8 Å². The Kier molecular flexibility index (Phi) is 2.87. The number of methoxy groups -OCH3 is 1. The molecule has 1 rings (SSSR count). The minimum Gasteiger partial charge on any atom is -0.491 e. The van der Waals surface area contributed by atoms with Crippen molar-refractivity contribution in [2.24, 2.45) is 0 Å². The summed E-state index contributed by atoms with van der Waals surface area (Å²) in [6.45, 7) is -4.94. The maximum atomic E-state index is 10.0. The highest BCUT2D eigenvalue weighted by molar-refractivity contribution is 5.27. The van der Waals surface area contributed by atoms with Crippen LogP contribution in [0.5, 0.6) is 5.75 Å². The van der Waals surface area contributed by atoms with Crippen molar-refractivity contribution in [1.82, 2.24) is 5.32 Å². The largest absolute Gasteiger partial charge is 0.491 e. The smallest absolute Gasteiger partial charge is 0.119 e. The molecule has 108 valence electrons. The summed E-state index contributed by atoms with van der Waals surface area (Å²) in [6.07, 6.45) is -4.94. The molecular formula is C15H25NO3. The average molecular weight is 278 g/mol. The van der Waals surface area contributed by atoms with Gasteiger partial charge in [-0.1, -0.05) is 25.9 Å². The Morgan fingerprint density at radius 3 is 2.95 bits per heavy atom. The Hall–Kier alpha value is -1.10. The maximum Gasteiger partial charge on any atom is 0.119 e. The molecule has 0 aliphatic rings. The summed E-state index contributed by atoms with van der Waals surface area (Å²) >= 11 is 0. The molecule has 0 heterocycles. The number of aryl methyl sites for hydroxylation is 1. The van der Waals surface area contributed by atoms with Gasteiger partial charge in [0, 0.05) is 26.5 Å². The third kappa shape index (κ3) is 7.15. The van der Waals surface area contributed by atoms with E-state index in [9.17, 15) is 5.11 Å². The van der Waals surface area contributed by atoms with Crippen LogP contribution < -0.4 is 10.1 Å². The van der Waals surface area contributed by atoms with Crippen LogP contribution in [0, 0.1) is 0 Å². The Morgan fingerprint density at radius 2 is 2.26 bits per heavy atom. The molecule has 0 aromatic heterocycles. The van der Waals surface area contributed by atoms with E-state index in [0.29, 0.717) is 0 Å². The molecule has 4 heteroatoms. The van der Waals surface area contributed by atoms with E-state index >= 15 is 0 Å². The fourth-order valence-electron chi connectivity index (χ4n) is 1.21. The van der Waals surface area contributed by atoms with Crippen LogP contribution in [0.4, 0.5) is 0 Å². The van der Waals surface area contributed by atoms with Crippen LogP contribution >= 0.6 is 0 Å². The minimum atomic E-state index is -3.15. The van der Waals surface area contributed by atoms with Gasteiger partial charge in [0.2, 0.25) is 0 Å². The van der Waals surface area contributed by atoms with Crippen molar-refractivity contribution < 1.29 is 29.7 Å². The van der Waals surface area contributed by atoms with Crippen LogP contribution in [0.3, 0.4) is 0 Å². The molecule has 0 radical (unpaired) electrons. The molecule has 0 amide bonds. The number of hydrogen-bond donors (Lipinski definition) is 2. The fraction of sp³-hybridized carbons (Fsp3) is 0.600. The van der Waals surface area contributed by atoms with Crippen LogP contribution in [-0.4, -0.2) is 44.0 Å². The van der Waals surface area contributed by atoms with E-state index in [1.54, 1.807) is 0 Å². The lowest BCUT2D eigenvalue weighted by Gasteiger charge is -2.15. The van der Waals surface area contributed by atoms with Gasteiger partial charge < -0.3 is 19.9 Å². The van der Waals surface area contributed by atoms with E-state index in [2.05, 4.69) is 10.1 Å². The molecule has 1 aromatic rings. The summed E-state index contributed by atoms with van der Waals surface area (Å²) in [5.74, 6) is 0.126. The summed E-state index contributed by atoms with van der Waals surface area (Å²) in [5.41, 5.74) is -0.210. The molecule has 0 saturated carbocycles. The van der Waals surface area contributed by atoms with Gasteiger partial charge in [0.05, 0.1) is 14.8 Å². The van der Waals surface area contributed by atoms with Crippen LogP contribution in [-0.2, 0) is 11.1 Å². The number of nitrogens with one attached hydrogen (secondary N) is 1. The SMILES string of the molecule is [2H]C(O)(CNC(C)C([2H])([2H])[2H])COc1ccc(C([2H])([2H])C([2H])([2H])OC([2H])([2H])[2H])cc1. The number of aliphatic hydroxyl groups is 1. The van der Waals surface area contributed by atoms with Gasteiger partial charge >= 0.3 is 0 Å². The van der Waals surface area contributed by atoms with Gasteiger partial charge in [0.25, 0.3) is 0 Å². The summed E-state index contributed by atoms with van der Waals surface area (Å²) < 4.78 is 91.1. The standard InChI is InChI=1S/C15H25NO3/c1-12(2)16-10-14(17)11-19-15-6-4-13(5-7-15)8-9-18-3/h4-7,12,14,16-17H,8-11H2,1-3H3/i1D3,3D3,8D2,9D2,14D. The molecule has 2 N–H and O–H groups in total. The van der Waals surface area contributed by atoms with Crippen LogP contribution in [0.15, 0.2) is 24.3 Å². The van der Waals surface area contributed by atoms with Gasteiger partial charge in [-0.15, -0.1) is 0 Å². The van der Waals surface area contributed by atoms with E-state index in [1.165, 1.54) is 19.1 Å². The molecule has 0 bridgehead atoms. The second-order valence-electron chi connectivity index (χ2n) is 3.81. The van der Waals surface area contributed by atoms with Crippen molar-refractivity contribution in [3.05, 3.63) is 29.8 Å². The Bertz CT molecular complexity index is 687. The monoisotopic (exact) mass is 278 g/mol. The molecule has 0 spiro atoms. The predicted octanol–water partition coefficient (Wildman–Crippen LogP) is 1.61. The number of ether oxygens (including phenoxy) is 2. The Labute approximate surface area is 131 Å². The molecular weight excluding hydrogens is 242 g/mol. The summed E-state index contributed by atoms with van der Waals surface area (Å²) in [6, 6.07) is 3.89. The topological polar surface area (TPSA) is 50.7 Å². The summed E-state index contributed by atoms with van der Waals surface area (Å²) in [7, 11) is -3.14. The Balaban J connectivity index is 2.76. The van der Waals surface area contributed by atoms with Crippen molar-refractivity contribution in [3.8, 4) is 5.75 Å². The first-order chi connectivity index (χ1) is 13.3. The second-order valence-corrected chi connectivity index (χ2v) is 3.81. The van der Waals surface area contributed by atoms with Crippen molar-refractivity contribution in [2.75, 3.05) is 26.7 Å². The number of benzene rings is 1. The second kappa shape index (κ2) is 8.91. The van der Waals surface area contributed by atoms with Gasteiger partial charge in [-0.3, -0.25) is 0 Å². The van der Waals surface area contributed by atoms with E-state index < -0.39 is 45.6 Å². The number of rotatable bonds is 9. The molecule has 2 atom stereocenters.